The van der Waals surface area contributed by atoms with Gasteiger partial charge >= 0.3 is 6.18 Å². The van der Waals surface area contributed by atoms with Crippen molar-refractivity contribution in [3.63, 3.8) is 0 Å². The molecule has 3 rings (SSSR count). The lowest BCUT2D eigenvalue weighted by atomic mass is 9.92. The Kier molecular flexibility index (Phi) is 5.54. The van der Waals surface area contributed by atoms with E-state index in [-0.39, 0.29) is 23.6 Å². The normalized spacial score (nSPS) is 22.7. The number of hydrogen-bond donors (Lipinski definition) is 1. The predicted molar refractivity (Wildman–Crippen MR) is 91.4 cm³/mol. The summed E-state index contributed by atoms with van der Waals surface area (Å²) in [6, 6.07) is 5.88. The summed E-state index contributed by atoms with van der Waals surface area (Å²) in [6.07, 6.45) is 2.61. The van der Waals surface area contributed by atoms with Crippen LogP contribution in [0.4, 0.5) is 18.9 Å². The molecule has 138 valence electrons. The predicted octanol–water partition coefficient (Wildman–Crippen LogP) is 4.37. The van der Waals surface area contributed by atoms with E-state index in [9.17, 15) is 18.0 Å². The maximum Gasteiger partial charge on any atom is 0.418 e. The molecular weight excluding hydrogens is 329 g/mol. The van der Waals surface area contributed by atoms with Gasteiger partial charge in [-0.3, -0.25) is 4.79 Å². The fourth-order valence-corrected chi connectivity index (χ4v) is 3.97. The lowest BCUT2D eigenvalue weighted by Crippen LogP contribution is -2.46. The van der Waals surface area contributed by atoms with Crippen molar-refractivity contribution in [2.24, 2.45) is 5.92 Å². The second kappa shape index (κ2) is 7.67. The molecule has 0 radical (unpaired) electrons. The molecule has 1 aromatic carbocycles. The molecule has 1 saturated heterocycles. The van der Waals surface area contributed by atoms with Crippen molar-refractivity contribution in [2.45, 2.75) is 57.2 Å². The van der Waals surface area contributed by atoms with Crippen molar-refractivity contribution in [2.75, 3.05) is 18.0 Å². The van der Waals surface area contributed by atoms with Crippen LogP contribution in [0.25, 0.3) is 0 Å². The highest BCUT2D eigenvalue weighted by molar-refractivity contribution is 5.80. The number of nitrogens with zero attached hydrogens (tertiary/aromatic N) is 1. The zero-order valence-corrected chi connectivity index (χ0v) is 14.3. The van der Waals surface area contributed by atoms with E-state index in [0.717, 1.165) is 44.6 Å². The first-order valence-electron chi connectivity index (χ1n) is 9.16. The van der Waals surface area contributed by atoms with Crippen LogP contribution in [-0.4, -0.2) is 25.0 Å². The number of alkyl halides is 3. The summed E-state index contributed by atoms with van der Waals surface area (Å²) in [5, 5.41) is 3.12. The van der Waals surface area contributed by atoms with Crippen LogP contribution in [0.2, 0.25) is 0 Å². The number of piperidine rings is 1. The molecule has 0 unspecified atom stereocenters. The largest absolute Gasteiger partial charge is 0.418 e. The molecule has 25 heavy (non-hydrogen) atoms. The maximum atomic E-state index is 13.3. The molecule has 0 aromatic heterocycles. The number of carbonyl (C=O) groups excluding carboxylic acids is 1. The van der Waals surface area contributed by atoms with Gasteiger partial charge in [0.05, 0.1) is 11.5 Å². The maximum absolute atomic E-state index is 13.3. The van der Waals surface area contributed by atoms with Crippen LogP contribution in [0.15, 0.2) is 24.3 Å². The Morgan fingerprint density at radius 1 is 1.04 bits per heavy atom. The first kappa shape index (κ1) is 18.1. The van der Waals surface area contributed by atoms with Crippen molar-refractivity contribution in [3.8, 4) is 0 Å². The van der Waals surface area contributed by atoms with Crippen LogP contribution in [0, 0.1) is 5.92 Å². The van der Waals surface area contributed by atoms with Gasteiger partial charge in [0.1, 0.15) is 0 Å². The summed E-state index contributed by atoms with van der Waals surface area (Å²) in [7, 11) is 0. The smallest absolute Gasteiger partial charge is 0.370 e. The molecule has 0 spiro atoms. The Hall–Kier alpha value is -1.72. The lowest BCUT2D eigenvalue weighted by Gasteiger charge is -2.36. The van der Waals surface area contributed by atoms with Crippen LogP contribution in [0.5, 0.6) is 0 Å². The third kappa shape index (κ3) is 4.47. The fraction of sp³-hybridized carbons (Fsp3) is 0.632. The molecule has 1 N–H and O–H groups in total. The summed E-state index contributed by atoms with van der Waals surface area (Å²) in [5.74, 6) is -0.238. The molecular formula is C19H25F3N2O. The molecule has 1 aromatic rings. The van der Waals surface area contributed by atoms with Gasteiger partial charge in [-0.05, 0) is 37.8 Å². The van der Waals surface area contributed by atoms with Gasteiger partial charge in [-0.25, -0.2) is 0 Å². The quantitative estimate of drug-likeness (QED) is 0.874. The van der Waals surface area contributed by atoms with E-state index in [1.165, 1.54) is 18.6 Å². The first-order valence-corrected chi connectivity index (χ1v) is 9.16. The SMILES string of the molecule is O=C(NC1CCCCC1)[C@H]1CCCN(c2ccccc2C(F)(F)F)C1. The Morgan fingerprint density at radius 3 is 2.48 bits per heavy atom. The zero-order valence-electron chi connectivity index (χ0n) is 14.3. The van der Waals surface area contributed by atoms with Gasteiger partial charge in [-0.2, -0.15) is 13.2 Å². The van der Waals surface area contributed by atoms with Crippen LogP contribution < -0.4 is 10.2 Å². The number of anilines is 1. The molecule has 1 atom stereocenters. The Balaban J connectivity index is 1.68. The van der Waals surface area contributed by atoms with Crippen LogP contribution in [0.1, 0.15) is 50.5 Å². The van der Waals surface area contributed by atoms with Crippen molar-refractivity contribution < 1.29 is 18.0 Å². The van der Waals surface area contributed by atoms with Crippen LogP contribution >= 0.6 is 0 Å². The van der Waals surface area contributed by atoms with E-state index in [4.69, 9.17) is 0 Å². The minimum Gasteiger partial charge on any atom is -0.370 e. The fourth-order valence-electron chi connectivity index (χ4n) is 3.97. The first-order chi connectivity index (χ1) is 11.9. The minimum absolute atomic E-state index is 0.00101. The number of carbonyl (C=O) groups is 1. The van der Waals surface area contributed by atoms with Crippen molar-refractivity contribution in [3.05, 3.63) is 29.8 Å². The second-order valence-electron chi connectivity index (χ2n) is 7.14. The number of amides is 1. The van der Waals surface area contributed by atoms with E-state index in [0.29, 0.717) is 13.1 Å². The monoisotopic (exact) mass is 354 g/mol. The Morgan fingerprint density at radius 2 is 1.76 bits per heavy atom. The van der Waals surface area contributed by atoms with Crippen LogP contribution in [0.3, 0.4) is 0 Å². The number of benzene rings is 1. The summed E-state index contributed by atoms with van der Waals surface area (Å²) in [4.78, 5) is 14.3. The molecule has 2 aliphatic rings. The highest BCUT2D eigenvalue weighted by Gasteiger charge is 2.36. The number of nitrogens with one attached hydrogen (secondary N) is 1. The molecule has 3 nitrogen and oxygen atoms in total. The summed E-state index contributed by atoms with van der Waals surface area (Å²) < 4.78 is 39.8. The van der Waals surface area contributed by atoms with Gasteiger partial charge in [-0.1, -0.05) is 31.4 Å². The topological polar surface area (TPSA) is 32.3 Å². The molecule has 1 amide bonds. The molecule has 2 fully saturated rings. The van der Waals surface area contributed by atoms with Gasteiger partial charge < -0.3 is 10.2 Å². The molecule has 1 aliphatic heterocycles. The molecule has 1 heterocycles. The van der Waals surface area contributed by atoms with Crippen molar-refractivity contribution >= 4 is 11.6 Å². The van der Waals surface area contributed by atoms with Crippen LogP contribution in [-0.2, 0) is 11.0 Å². The highest BCUT2D eigenvalue weighted by Crippen LogP contribution is 2.37. The number of para-hydroxylation sites is 1. The number of hydrogen-bond acceptors (Lipinski definition) is 2. The number of halogens is 3. The standard InChI is InChI=1S/C19H25F3N2O/c20-19(21,22)16-10-4-5-11-17(16)24-12-6-7-14(13-24)18(25)23-15-8-2-1-3-9-15/h4-5,10-11,14-15H,1-3,6-9,12-13H2,(H,23,25)/t14-/m0/s1. The van der Waals surface area contributed by atoms with E-state index < -0.39 is 11.7 Å². The summed E-state index contributed by atoms with van der Waals surface area (Å²) in [6.45, 7) is 0.909. The van der Waals surface area contributed by atoms with Gasteiger partial charge in [0.15, 0.2) is 0 Å². The van der Waals surface area contributed by atoms with Crippen molar-refractivity contribution in [1.82, 2.24) is 5.32 Å². The highest BCUT2D eigenvalue weighted by atomic mass is 19.4. The number of rotatable bonds is 3. The van der Waals surface area contributed by atoms with E-state index >= 15 is 0 Å². The second-order valence-corrected chi connectivity index (χ2v) is 7.14. The Bertz CT molecular complexity index is 597. The molecule has 1 aliphatic carbocycles. The van der Waals surface area contributed by atoms with E-state index in [1.54, 1.807) is 11.0 Å². The summed E-state index contributed by atoms with van der Waals surface area (Å²) in [5.41, 5.74) is -0.437. The zero-order chi connectivity index (χ0) is 17.9. The average molecular weight is 354 g/mol. The Labute approximate surface area is 146 Å². The van der Waals surface area contributed by atoms with Crippen molar-refractivity contribution in [1.29, 1.82) is 0 Å². The third-order valence-electron chi connectivity index (χ3n) is 5.29. The summed E-state index contributed by atoms with van der Waals surface area (Å²) >= 11 is 0. The van der Waals surface area contributed by atoms with Gasteiger partial charge in [0, 0.05) is 24.8 Å². The minimum atomic E-state index is -4.38. The third-order valence-corrected chi connectivity index (χ3v) is 5.29. The van der Waals surface area contributed by atoms with E-state index in [1.807, 2.05) is 0 Å². The van der Waals surface area contributed by atoms with E-state index in [2.05, 4.69) is 5.32 Å². The van der Waals surface area contributed by atoms with Gasteiger partial charge in [-0.15, -0.1) is 0 Å². The lowest BCUT2D eigenvalue weighted by molar-refractivity contribution is -0.137. The molecule has 1 saturated carbocycles. The molecule has 6 heteroatoms. The van der Waals surface area contributed by atoms with Gasteiger partial charge in [0.25, 0.3) is 0 Å². The molecule has 0 bridgehead atoms. The average Bonchev–Trinajstić information content (AvgIpc) is 2.62. The van der Waals surface area contributed by atoms with Gasteiger partial charge in [0.2, 0.25) is 5.91 Å².